The molecule has 1 unspecified atom stereocenters. The minimum absolute atomic E-state index is 0.0486. The fourth-order valence-corrected chi connectivity index (χ4v) is 3.61. The SMILES string of the molecule is CC(C)CC(NC(=O)CCCc1nc(-c2cccs2)no1)c1ccccc1. The van der Waals surface area contributed by atoms with Gasteiger partial charge in [0.25, 0.3) is 0 Å². The fraction of sp³-hybridized carbons (Fsp3) is 0.381. The lowest BCUT2D eigenvalue weighted by molar-refractivity contribution is -0.122. The summed E-state index contributed by atoms with van der Waals surface area (Å²) in [7, 11) is 0. The Labute approximate surface area is 163 Å². The van der Waals surface area contributed by atoms with E-state index in [2.05, 4.69) is 41.4 Å². The molecule has 1 aromatic carbocycles. The normalized spacial score (nSPS) is 12.3. The predicted octanol–water partition coefficient (Wildman–Crippen LogP) is 5.02. The average molecular weight is 384 g/mol. The highest BCUT2D eigenvalue weighted by molar-refractivity contribution is 7.13. The molecule has 2 aromatic heterocycles. The summed E-state index contributed by atoms with van der Waals surface area (Å²) in [6.07, 6.45) is 2.65. The van der Waals surface area contributed by atoms with Crippen LogP contribution < -0.4 is 5.32 Å². The number of carbonyl (C=O) groups is 1. The van der Waals surface area contributed by atoms with Gasteiger partial charge in [0.05, 0.1) is 10.9 Å². The largest absolute Gasteiger partial charge is 0.349 e. The van der Waals surface area contributed by atoms with Crippen molar-refractivity contribution in [2.75, 3.05) is 0 Å². The Balaban J connectivity index is 1.49. The number of benzene rings is 1. The maximum atomic E-state index is 12.4. The Morgan fingerprint density at radius 3 is 2.70 bits per heavy atom. The summed E-state index contributed by atoms with van der Waals surface area (Å²) in [4.78, 5) is 17.8. The number of thiophene rings is 1. The molecule has 27 heavy (non-hydrogen) atoms. The fourth-order valence-electron chi connectivity index (χ4n) is 2.96. The van der Waals surface area contributed by atoms with Crippen molar-refractivity contribution in [1.29, 1.82) is 0 Å². The van der Waals surface area contributed by atoms with Crippen LogP contribution in [0.5, 0.6) is 0 Å². The Morgan fingerprint density at radius 1 is 1.19 bits per heavy atom. The first-order valence-corrected chi connectivity index (χ1v) is 10.2. The molecule has 0 aliphatic rings. The first-order valence-electron chi connectivity index (χ1n) is 9.32. The molecule has 0 saturated carbocycles. The maximum Gasteiger partial charge on any atom is 0.226 e. The molecule has 0 saturated heterocycles. The second-order valence-electron chi connectivity index (χ2n) is 7.00. The van der Waals surface area contributed by atoms with Crippen LogP contribution in [0.2, 0.25) is 0 Å². The molecule has 1 atom stereocenters. The summed E-state index contributed by atoms with van der Waals surface area (Å²) in [5.74, 6) is 1.76. The van der Waals surface area contributed by atoms with Crippen LogP contribution in [0.15, 0.2) is 52.4 Å². The number of nitrogens with zero attached hydrogens (tertiary/aromatic N) is 2. The molecule has 1 N–H and O–H groups in total. The average Bonchev–Trinajstić information content (AvgIpc) is 3.33. The summed E-state index contributed by atoms with van der Waals surface area (Å²) < 4.78 is 5.29. The first-order chi connectivity index (χ1) is 13.1. The lowest BCUT2D eigenvalue weighted by Gasteiger charge is -2.21. The summed E-state index contributed by atoms with van der Waals surface area (Å²) in [5, 5.41) is 9.16. The van der Waals surface area contributed by atoms with E-state index in [1.54, 1.807) is 11.3 Å². The van der Waals surface area contributed by atoms with Crippen molar-refractivity contribution in [3.05, 3.63) is 59.3 Å². The molecule has 2 heterocycles. The van der Waals surface area contributed by atoms with Gasteiger partial charge in [-0.1, -0.05) is 55.4 Å². The lowest BCUT2D eigenvalue weighted by Crippen LogP contribution is -2.29. The van der Waals surface area contributed by atoms with E-state index in [4.69, 9.17) is 4.52 Å². The number of aryl methyl sites for hydroxylation is 1. The summed E-state index contributed by atoms with van der Waals surface area (Å²) in [6.45, 7) is 4.34. The van der Waals surface area contributed by atoms with Crippen LogP contribution in [-0.2, 0) is 11.2 Å². The van der Waals surface area contributed by atoms with Crippen LogP contribution in [0.3, 0.4) is 0 Å². The third kappa shape index (κ3) is 5.76. The van der Waals surface area contributed by atoms with E-state index in [1.807, 2.05) is 35.7 Å². The van der Waals surface area contributed by atoms with Crippen LogP contribution in [0, 0.1) is 5.92 Å². The summed E-state index contributed by atoms with van der Waals surface area (Å²) >= 11 is 1.58. The van der Waals surface area contributed by atoms with E-state index < -0.39 is 0 Å². The summed E-state index contributed by atoms with van der Waals surface area (Å²) in [6, 6.07) is 14.1. The molecule has 0 radical (unpaired) electrons. The highest BCUT2D eigenvalue weighted by Crippen LogP contribution is 2.23. The van der Waals surface area contributed by atoms with Crippen LogP contribution in [0.25, 0.3) is 10.7 Å². The molecule has 3 aromatic rings. The quantitative estimate of drug-likeness (QED) is 0.563. The van der Waals surface area contributed by atoms with E-state index in [0.29, 0.717) is 36.9 Å². The second kappa shape index (κ2) is 9.46. The van der Waals surface area contributed by atoms with Gasteiger partial charge >= 0.3 is 0 Å². The number of aromatic nitrogens is 2. The number of carbonyl (C=O) groups excluding carboxylic acids is 1. The van der Waals surface area contributed by atoms with E-state index in [0.717, 1.165) is 16.9 Å². The van der Waals surface area contributed by atoms with Crippen molar-refractivity contribution in [3.8, 4) is 10.7 Å². The van der Waals surface area contributed by atoms with Crippen molar-refractivity contribution >= 4 is 17.2 Å². The molecule has 0 fully saturated rings. The van der Waals surface area contributed by atoms with Crippen LogP contribution in [0.1, 0.15) is 50.6 Å². The number of nitrogens with one attached hydrogen (secondary N) is 1. The minimum atomic E-state index is 0.0486. The highest BCUT2D eigenvalue weighted by Gasteiger charge is 2.16. The first kappa shape index (κ1) is 19.3. The molecule has 0 aliphatic carbocycles. The molecule has 6 heteroatoms. The Kier molecular flexibility index (Phi) is 6.76. The molecule has 1 amide bonds. The van der Waals surface area contributed by atoms with E-state index in [1.165, 1.54) is 0 Å². The van der Waals surface area contributed by atoms with Crippen molar-refractivity contribution in [2.24, 2.45) is 5.92 Å². The zero-order valence-electron chi connectivity index (χ0n) is 15.7. The number of hydrogen-bond donors (Lipinski definition) is 1. The molecular formula is C21H25N3O2S. The van der Waals surface area contributed by atoms with E-state index in [9.17, 15) is 4.79 Å². The van der Waals surface area contributed by atoms with Crippen molar-refractivity contribution in [2.45, 2.75) is 45.6 Å². The van der Waals surface area contributed by atoms with Gasteiger partial charge < -0.3 is 9.84 Å². The van der Waals surface area contributed by atoms with Crippen molar-refractivity contribution in [3.63, 3.8) is 0 Å². The van der Waals surface area contributed by atoms with Crippen LogP contribution in [-0.4, -0.2) is 16.0 Å². The van der Waals surface area contributed by atoms with E-state index in [-0.39, 0.29) is 11.9 Å². The Bertz CT molecular complexity index is 828. The topological polar surface area (TPSA) is 68.0 Å². The number of rotatable bonds is 9. The zero-order chi connectivity index (χ0) is 19.1. The molecule has 142 valence electrons. The van der Waals surface area contributed by atoms with Crippen molar-refractivity contribution in [1.82, 2.24) is 15.5 Å². The molecule has 0 bridgehead atoms. The molecule has 0 aliphatic heterocycles. The van der Waals surface area contributed by atoms with Gasteiger partial charge in [-0.05, 0) is 35.8 Å². The molecule has 5 nitrogen and oxygen atoms in total. The zero-order valence-corrected chi connectivity index (χ0v) is 16.5. The monoisotopic (exact) mass is 383 g/mol. The highest BCUT2D eigenvalue weighted by atomic mass is 32.1. The summed E-state index contributed by atoms with van der Waals surface area (Å²) in [5.41, 5.74) is 1.15. The Morgan fingerprint density at radius 2 is 2.00 bits per heavy atom. The number of hydrogen-bond acceptors (Lipinski definition) is 5. The van der Waals surface area contributed by atoms with Gasteiger partial charge in [0.1, 0.15) is 0 Å². The standard InChI is InChI=1S/C21H25N3O2S/c1-15(2)14-17(16-8-4-3-5-9-16)22-19(25)11-6-12-20-23-21(24-26-20)18-10-7-13-27-18/h3-5,7-10,13,15,17H,6,11-12,14H2,1-2H3,(H,22,25). The molecule has 3 rings (SSSR count). The molecular weight excluding hydrogens is 358 g/mol. The van der Waals surface area contributed by atoms with Crippen LogP contribution >= 0.6 is 11.3 Å². The van der Waals surface area contributed by atoms with E-state index >= 15 is 0 Å². The van der Waals surface area contributed by atoms with Gasteiger partial charge in [-0.3, -0.25) is 4.79 Å². The van der Waals surface area contributed by atoms with Gasteiger partial charge in [-0.25, -0.2) is 0 Å². The lowest BCUT2D eigenvalue weighted by atomic mass is 9.97. The van der Waals surface area contributed by atoms with Gasteiger partial charge in [0, 0.05) is 12.8 Å². The van der Waals surface area contributed by atoms with Gasteiger partial charge in [-0.2, -0.15) is 4.98 Å². The maximum absolute atomic E-state index is 12.4. The second-order valence-corrected chi connectivity index (χ2v) is 7.95. The van der Waals surface area contributed by atoms with Crippen molar-refractivity contribution < 1.29 is 9.32 Å². The van der Waals surface area contributed by atoms with Gasteiger partial charge in [-0.15, -0.1) is 11.3 Å². The third-order valence-electron chi connectivity index (χ3n) is 4.25. The Hall–Kier alpha value is -2.47. The van der Waals surface area contributed by atoms with Gasteiger partial charge in [0.2, 0.25) is 17.6 Å². The smallest absolute Gasteiger partial charge is 0.226 e. The van der Waals surface area contributed by atoms with Crippen LogP contribution in [0.4, 0.5) is 0 Å². The minimum Gasteiger partial charge on any atom is -0.349 e. The molecule has 0 spiro atoms. The predicted molar refractivity (Wildman–Crippen MR) is 107 cm³/mol. The number of amides is 1. The third-order valence-corrected chi connectivity index (χ3v) is 5.11. The van der Waals surface area contributed by atoms with Gasteiger partial charge in [0.15, 0.2) is 0 Å².